The molecule has 0 saturated carbocycles. The lowest BCUT2D eigenvalue weighted by Gasteiger charge is -2.30. The van der Waals surface area contributed by atoms with Gasteiger partial charge in [-0.15, -0.1) is 0 Å². The van der Waals surface area contributed by atoms with Crippen molar-refractivity contribution in [3.05, 3.63) is 59.2 Å². The van der Waals surface area contributed by atoms with E-state index < -0.39 is 175 Å². The number of fused-ring (bicyclic) bond motifs is 6. The third kappa shape index (κ3) is 27.4. The minimum Gasteiger partial charge on any atom is -0.508 e. The summed E-state index contributed by atoms with van der Waals surface area (Å²) in [5.74, 6) is -14.5. The van der Waals surface area contributed by atoms with Crippen molar-refractivity contribution in [1.82, 2.24) is 58.1 Å². The first kappa shape index (κ1) is 80.2. The van der Waals surface area contributed by atoms with Crippen LogP contribution in [0.15, 0.2) is 47.6 Å². The van der Waals surface area contributed by atoms with Crippen molar-refractivity contribution in [2.24, 2.45) is 22.5 Å². The van der Waals surface area contributed by atoms with Crippen LogP contribution >= 0.6 is 23.5 Å². The van der Waals surface area contributed by atoms with Crippen LogP contribution in [0, 0.1) is 11.3 Å². The van der Waals surface area contributed by atoms with Gasteiger partial charge in [0, 0.05) is 48.9 Å². The molecule has 1 saturated heterocycles. The number of guanidine groups is 1. The summed E-state index contributed by atoms with van der Waals surface area (Å²) in [5.41, 5.74) is 13.2. The summed E-state index contributed by atoms with van der Waals surface area (Å²) in [4.78, 5) is 186. The highest BCUT2D eigenvalue weighted by Gasteiger charge is 2.41. The predicted molar refractivity (Wildman–Crippen MR) is 361 cm³/mol. The number of benzene rings is 2. The first-order valence-corrected chi connectivity index (χ1v) is 34.8. The van der Waals surface area contributed by atoms with Crippen molar-refractivity contribution < 1.29 is 92.3 Å². The second-order valence-corrected chi connectivity index (χ2v) is 26.1. The maximum Gasteiger partial charge on any atom is 0.305 e. The van der Waals surface area contributed by atoms with Gasteiger partial charge in [-0.3, -0.25) is 67.7 Å². The topological polar surface area (TPSA) is 533 Å². The number of carboxylic acid groups (broad SMARTS) is 2. The highest BCUT2D eigenvalue weighted by molar-refractivity contribution is 7.98. The molecule has 1 unspecified atom stereocenters. The van der Waals surface area contributed by atoms with Crippen LogP contribution in [0.2, 0.25) is 0 Å². The summed E-state index contributed by atoms with van der Waals surface area (Å²) in [6.07, 6.45) is 0.992. The number of aliphatic hydroxyl groups excluding tert-OH is 1. The minimum absolute atomic E-state index is 0.0158. The number of nitrogens with one attached hydrogen (secondary N) is 11. The van der Waals surface area contributed by atoms with Gasteiger partial charge in [0.2, 0.25) is 59.1 Å². The van der Waals surface area contributed by atoms with E-state index in [0.29, 0.717) is 48.3 Å². The fourth-order valence-corrected chi connectivity index (χ4v) is 12.6. The standard InChI is InChI=1S/C63H91N15O19S2/c1-4-34(2)52-61(94)75-46(53(64)86)32-98-30-37-23-38-25-40(24-37)96-21-7-5-6-8-22-97-68-28-49(81)70-45(29-79)59(92)76-47(33-99-31-38)62(95)78-20-10-12-48(78)60(93)74-44(27-51(84)85)57(90)69-35(3)54(87)71-42(17-18-50(82)83)56(89)72-41(11-9-19-67-63(65)66)55(88)73-43(58(91)77-52)26-36-13-15-39(80)16-14-36/h13-16,23-25,28,34-35,41-48,52,79-80H,4-12,17-22,26-27,29-33H2,1-3H3,(H2,64,86)(H,69,90)(H,70,81)(H,71,87)(H,72,89)(H,73,88)(H,74,93)(H,75,94)(H,76,92)(H,77,91)(H,82,83)(H,84,85)(H4,65,66,67)/b68-28+/t34-,35+,41+,42+,43+,44+,45+,46+,47+,48+,52?/m1/s1. The van der Waals surface area contributed by atoms with Crippen LogP contribution in [0.5, 0.6) is 11.5 Å². The van der Waals surface area contributed by atoms with Crippen molar-refractivity contribution in [2.45, 2.75) is 176 Å². The van der Waals surface area contributed by atoms with Crippen molar-refractivity contribution in [3.63, 3.8) is 0 Å². The van der Waals surface area contributed by atoms with E-state index in [-0.39, 0.29) is 80.6 Å². The number of nitrogens with zero attached hydrogens (tertiary/aromatic N) is 2. The number of hydrogen-bond donors (Lipinski definition) is 17. The van der Waals surface area contributed by atoms with Crippen LogP contribution in [0.1, 0.15) is 115 Å². The first-order valence-electron chi connectivity index (χ1n) is 32.5. The van der Waals surface area contributed by atoms with E-state index in [0.717, 1.165) is 42.6 Å². The Bertz CT molecular complexity index is 3220. The molecule has 2 aromatic rings. The quantitative estimate of drug-likeness (QED) is 0.0501. The molecule has 544 valence electrons. The number of nitrogens with two attached hydrogens (primary N) is 2. The number of phenols is 1. The van der Waals surface area contributed by atoms with Crippen molar-refractivity contribution in [1.29, 1.82) is 5.41 Å². The van der Waals surface area contributed by atoms with E-state index in [1.807, 2.05) is 6.07 Å². The van der Waals surface area contributed by atoms with Crippen LogP contribution in [-0.2, 0) is 85.1 Å². The van der Waals surface area contributed by atoms with E-state index in [4.69, 9.17) is 26.5 Å². The Hall–Kier alpha value is -9.45. The number of rotatable bonds is 15. The zero-order chi connectivity index (χ0) is 72.7. The van der Waals surface area contributed by atoms with Crippen LogP contribution in [0.4, 0.5) is 0 Å². The maximum absolute atomic E-state index is 14.8. The number of aliphatic hydroxyl groups is 1. The Morgan fingerprint density at radius 2 is 1.30 bits per heavy atom. The Labute approximate surface area is 579 Å². The lowest BCUT2D eigenvalue weighted by molar-refractivity contribution is -0.144. The van der Waals surface area contributed by atoms with Crippen LogP contribution in [0.25, 0.3) is 0 Å². The van der Waals surface area contributed by atoms with E-state index in [1.165, 1.54) is 36.0 Å². The van der Waals surface area contributed by atoms with Crippen LogP contribution < -0.4 is 69.4 Å². The molecule has 2 aromatic carbocycles. The lowest BCUT2D eigenvalue weighted by Crippen LogP contribution is -2.61. The van der Waals surface area contributed by atoms with Crippen molar-refractivity contribution in [2.75, 3.05) is 44.4 Å². The molecule has 19 N–H and O–H groups in total. The summed E-state index contributed by atoms with van der Waals surface area (Å²) in [6, 6.07) is -4.66. The zero-order valence-electron chi connectivity index (χ0n) is 55.3. The molecule has 3 aliphatic heterocycles. The summed E-state index contributed by atoms with van der Waals surface area (Å²) in [7, 11) is 0. The molecule has 0 spiro atoms. The second kappa shape index (κ2) is 41.1. The zero-order valence-corrected chi connectivity index (χ0v) is 56.9. The third-order valence-electron chi connectivity index (χ3n) is 16.2. The Morgan fingerprint density at radius 1 is 0.697 bits per heavy atom. The number of carbonyl (C=O) groups is 13. The molecule has 0 radical (unpaired) electrons. The summed E-state index contributed by atoms with van der Waals surface area (Å²) in [5, 5.41) is 76.5. The van der Waals surface area contributed by atoms with Gasteiger partial charge in [-0.25, -0.2) is 0 Å². The van der Waals surface area contributed by atoms with Gasteiger partial charge in [0.05, 0.1) is 19.6 Å². The number of ether oxygens (including phenoxy) is 1. The molecule has 5 rings (SSSR count). The fourth-order valence-electron chi connectivity index (χ4n) is 10.6. The van der Waals surface area contributed by atoms with Gasteiger partial charge >= 0.3 is 11.9 Å². The van der Waals surface area contributed by atoms with Gasteiger partial charge in [0.1, 0.15) is 84.7 Å². The normalized spacial score (nSPS) is 25.4. The summed E-state index contributed by atoms with van der Waals surface area (Å²) < 4.78 is 6.25. The number of amides is 11. The monoisotopic (exact) mass is 1430 g/mol. The number of carbonyl (C=O) groups excluding carboxylic acids is 11. The van der Waals surface area contributed by atoms with Gasteiger partial charge in [0.25, 0.3) is 5.91 Å². The maximum atomic E-state index is 14.8. The van der Waals surface area contributed by atoms with Gasteiger partial charge in [-0.1, -0.05) is 43.6 Å². The van der Waals surface area contributed by atoms with Crippen molar-refractivity contribution in [3.8, 4) is 11.5 Å². The number of oxime groups is 1. The van der Waals surface area contributed by atoms with E-state index in [9.17, 15) is 82.8 Å². The van der Waals surface area contributed by atoms with E-state index in [1.54, 1.807) is 26.0 Å². The number of phenolic OH excluding ortho intramolecular Hbond substituents is 1. The Balaban J connectivity index is 1.60. The highest BCUT2D eigenvalue weighted by atomic mass is 32.2. The lowest BCUT2D eigenvalue weighted by atomic mass is 9.96. The molecule has 0 aromatic heterocycles. The summed E-state index contributed by atoms with van der Waals surface area (Å²) >= 11 is 2.38. The average Bonchev–Trinajstić information content (AvgIpc) is 1.77. The molecule has 4 bridgehead atoms. The second-order valence-electron chi connectivity index (χ2n) is 24.0. The summed E-state index contributed by atoms with van der Waals surface area (Å²) in [6.45, 7) is 3.94. The number of carboxylic acids is 2. The predicted octanol–water partition coefficient (Wildman–Crippen LogP) is -2.43. The molecule has 36 heteroatoms. The molecular formula is C63H91N15O19S2. The molecular weight excluding hydrogens is 1330 g/mol. The van der Waals surface area contributed by atoms with Gasteiger partial charge in [-0.2, -0.15) is 23.5 Å². The molecule has 0 aliphatic carbocycles. The molecule has 11 atom stereocenters. The molecule has 1 fully saturated rings. The van der Waals surface area contributed by atoms with Crippen LogP contribution in [-0.4, -0.2) is 219 Å². The van der Waals surface area contributed by atoms with Gasteiger partial charge < -0.3 is 99.5 Å². The largest absolute Gasteiger partial charge is 0.508 e. The Morgan fingerprint density at radius 3 is 1.94 bits per heavy atom. The number of aliphatic carboxylic acids is 2. The SMILES string of the molecule is CC[C@@H](C)C1NC(=O)[C@H](Cc2ccc(O)cc2)NC(=O)[C@H](CCCNC(=N)N)NC(=O)[C@H](CCC(=O)O)NC(=O)[C@H](C)NC(=O)[C@H](CC(=O)O)NC(=O)[C@@H]2CCCN2C(=O)[C@@H]2CSCc3cc(cc(c3)OCCCCCCO/N=C/C(=O)N[C@@H](CO)C(=O)N2)CSC[C@@H](C(N)=O)NC1=O. The van der Waals surface area contributed by atoms with Crippen LogP contribution in [0.3, 0.4) is 0 Å². The smallest absolute Gasteiger partial charge is 0.305 e. The molecule has 3 heterocycles. The molecule has 3 aliphatic rings. The fraction of sp³-hybridized carbons (Fsp3) is 0.571. The number of hydrogen-bond acceptors (Lipinski definition) is 21. The van der Waals surface area contributed by atoms with Gasteiger partial charge in [0.15, 0.2) is 5.96 Å². The van der Waals surface area contributed by atoms with Gasteiger partial charge in [-0.05, 0) is 112 Å². The highest BCUT2D eigenvalue weighted by Crippen LogP contribution is 2.27. The number of aromatic hydroxyl groups is 1. The number of thioether (sulfide) groups is 2. The average molecular weight is 1430 g/mol. The van der Waals surface area contributed by atoms with E-state index in [2.05, 4.69) is 58.3 Å². The minimum atomic E-state index is -1.92. The molecule has 11 amide bonds. The Kier molecular flexibility index (Phi) is 33.3. The third-order valence-corrected chi connectivity index (χ3v) is 18.4. The molecule has 99 heavy (non-hydrogen) atoms. The molecule has 34 nitrogen and oxygen atoms in total. The first-order chi connectivity index (χ1) is 47.2. The number of primary amides is 1. The van der Waals surface area contributed by atoms with Crippen molar-refractivity contribution >= 4 is 113 Å². The van der Waals surface area contributed by atoms with E-state index >= 15 is 0 Å².